The van der Waals surface area contributed by atoms with E-state index in [1.54, 1.807) is 31.4 Å². The van der Waals surface area contributed by atoms with E-state index < -0.39 is 17.6 Å². The Hall–Kier alpha value is -2.54. The van der Waals surface area contributed by atoms with Gasteiger partial charge in [0.15, 0.2) is 0 Å². The number of anilines is 1. The summed E-state index contributed by atoms with van der Waals surface area (Å²) in [6.07, 6.45) is 0. The first-order chi connectivity index (χ1) is 10.5. The van der Waals surface area contributed by atoms with Gasteiger partial charge < -0.3 is 5.32 Å². The van der Waals surface area contributed by atoms with E-state index in [4.69, 9.17) is 0 Å². The monoisotopic (exact) mass is 319 g/mol. The van der Waals surface area contributed by atoms with Gasteiger partial charge in [0.1, 0.15) is 10.8 Å². The SMILES string of the molecule is CC(C)=NNC(=O)c1ccsc1NC(=O)c1ccccc1F. The fraction of sp³-hybridized carbons (Fsp3) is 0.133. The lowest BCUT2D eigenvalue weighted by atomic mass is 10.2. The molecule has 5 nitrogen and oxygen atoms in total. The molecule has 22 heavy (non-hydrogen) atoms. The fourth-order valence-electron chi connectivity index (χ4n) is 1.62. The number of carbonyl (C=O) groups excluding carboxylic acids is 2. The van der Waals surface area contributed by atoms with Gasteiger partial charge in [-0.15, -0.1) is 11.3 Å². The smallest absolute Gasteiger partial charge is 0.274 e. The van der Waals surface area contributed by atoms with Crippen molar-refractivity contribution in [1.29, 1.82) is 0 Å². The van der Waals surface area contributed by atoms with Gasteiger partial charge in [0.05, 0.1) is 11.1 Å². The lowest BCUT2D eigenvalue weighted by Crippen LogP contribution is -2.21. The number of nitrogens with one attached hydrogen (secondary N) is 2. The Morgan fingerprint density at radius 1 is 1.09 bits per heavy atom. The molecule has 0 bridgehead atoms. The minimum absolute atomic E-state index is 0.0790. The summed E-state index contributed by atoms with van der Waals surface area (Å²) in [5.74, 6) is -1.66. The first kappa shape index (κ1) is 15.8. The van der Waals surface area contributed by atoms with Crippen LogP contribution in [-0.2, 0) is 0 Å². The largest absolute Gasteiger partial charge is 0.313 e. The molecule has 1 heterocycles. The van der Waals surface area contributed by atoms with E-state index in [0.29, 0.717) is 10.7 Å². The van der Waals surface area contributed by atoms with Gasteiger partial charge in [-0.1, -0.05) is 12.1 Å². The first-order valence-electron chi connectivity index (χ1n) is 6.43. The predicted octanol–water partition coefficient (Wildman–Crippen LogP) is 3.27. The molecule has 7 heteroatoms. The minimum atomic E-state index is -0.617. The van der Waals surface area contributed by atoms with Crippen LogP contribution in [0.3, 0.4) is 0 Å². The summed E-state index contributed by atoms with van der Waals surface area (Å²) < 4.78 is 13.6. The fourth-order valence-corrected chi connectivity index (χ4v) is 2.40. The van der Waals surface area contributed by atoms with Crippen molar-refractivity contribution in [3.05, 3.63) is 52.7 Å². The van der Waals surface area contributed by atoms with E-state index in [0.717, 1.165) is 0 Å². The molecule has 1 aromatic heterocycles. The number of nitrogens with zero attached hydrogens (tertiary/aromatic N) is 1. The number of benzene rings is 1. The average Bonchev–Trinajstić information content (AvgIpc) is 2.93. The van der Waals surface area contributed by atoms with Gasteiger partial charge in [-0.05, 0) is 37.4 Å². The minimum Gasteiger partial charge on any atom is -0.313 e. The Labute approximate surface area is 130 Å². The second-order valence-corrected chi connectivity index (χ2v) is 5.51. The summed E-state index contributed by atoms with van der Waals surface area (Å²) in [5, 5.41) is 8.37. The number of rotatable bonds is 4. The van der Waals surface area contributed by atoms with Gasteiger partial charge in [0.25, 0.3) is 11.8 Å². The van der Waals surface area contributed by atoms with Gasteiger partial charge in [0.2, 0.25) is 0 Å². The molecule has 2 N–H and O–H groups in total. The van der Waals surface area contributed by atoms with Crippen LogP contribution in [0.4, 0.5) is 9.39 Å². The third kappa shape index (κ3) is 3.76. The van der Waals surface area contributed by atoms with E-state index in [2.05, 4.69) is 15.8 Å². The van der Waals surface area contributed by atoms with Gasteiger partial charge in [0, 0.05) is 5.71 Å². The van der Waals surface area contributed by atoms with Crippen molar-refractivity contribution in [1.82, 2.24) is 5.43 Å². The quantitative estimate of drug-likeness (QED) is 0.671. The second-order valence-electron chi connectivity index (χ2n) is 4.60. The van der Waals surface area contributed by atoms with E-state index in [-0.39, 0.29) is 11.1 Å². The Morgan fingerprint density at radius 3 is 2.50 bits per heavy atom. The maximum Gasteiger partial charge on any atom is 0.274 e. The molecule has 114 valence electrons. The Bertz CT molecular complexity index is 736. The first-order valence-corrected chi connectivity index (χ1v) is 7.31. The van der Waals surface area contributed by atoms with E-state index in [1.807, 2.05) is 0 Å². The topological polar surface area (TPSA) is 70.6 Å². The highest BCUT2D eigenvalue weighted by Gasteiger charge is 2.17. The zero-order valence-electron chi connectivity index (χ0n) is 12.0. The standard InChI is InChI=1S/C15H14FN3O2S/c1-9(2)18-19-14(21)11-7-8-22-15(11)17-13(20)10-5-3-4-6-12(10)16/h3-8H,1-2H3,(H,17,20)(H,19,21). The third-order valence-electron chi connectivity index (χ3n) is 2.64. The molecular formula is C15H14FN3O2S. The number of thiophene rings is 1. The highest BCUT2D eigenvalue weighted by atomic mass is 32.1. The highest BCUT2D eigenvalue weighted by molar-refractivity contribution is 7.14. The summed E-state index contributed by atoms with van der Waals surface area (Å²) in [4.78, 5) is 24.0. The maximum absolute atomic E-state index is 13.6. The van der Waals surface area contributed by atoms with Crippen LogP contribution in [0, 0.1) is 5.82 Å². The lowest BCUT2D eigenvalue weighted by Gasteiger charge is -2.06. The number of carbonyl (C=O) groups is 2. The lowest BCUT2D eigenvalue weighted by molar-refractivity contribution is 0.0956. The molecule has 0 unspecified atom stereocenters. The van der Waals surface area contributed by atoms with Crippen LogP contribution < -0.4 is 10.7 Å². The van der Waals surface area contributed by atoms with E-state index >= 15 is 0 Å². The molecular weight excluding hydrogens is 305 g/mol. The molecule has 2 aromatic rings. The summed E-state index contributed by atoms with van der Waals surface area (Å²) in [6, 6.07) is 7.22. The number of amides is 2. The van der Waals surface area contributed by atoms with Crippen molar-refractivity contribution in [2.45, 2.75) is 13.8 Å². The van der Waals surface area contributed by atoms with Gasteiger partial charge in [-0.25, -0.2) is 9.82 Å². The van der Waals surface area contributed by atoms with Crippen molar-refractivity contribution in [3.8, 4) is 0 Å². The number of hydrogen-bond donors (Lipinski definition) is 2. The zero-order valence-corrected chi connectivity index (χ0v) is 12.8. The van der Waals surface area contributed by atoms with E-state index in [1.165, 1.54) is 29.5 Å². The van der Waals surface area contributed by atoms with Crippen molar-refractivity contribution < 1.29 is 14.0 Å². The zero-order chi connectivity index (χ0) is 16.1. The van der Waals surface area contributed by atoms with Crippen molar-refractivity contribution >= 4 is 33.9 Å². The second kappa shape index (κ2) is 6.95. The van der Waals surface area contributed by atoms with Crippen LogP contribution in [0.1, 0.15) is 34.6 Å². The van der Waals surface area contributed by atoms with E-state index in [9.17, 15) is 14.0 Å². The van der Waals surface area contributed by atoms with Crippen LogP contribution in [0.5, 0.6) is 0 Å². The summed E-state index contributed by atoms with van der Waals surface area (Å²) in [7, 11) is 0. The molecule has 0 aliphatic carbocycles. The molecule has 2 rings (SSSR count). The molecule has 0 saturated heterocycles. The average molecular weight is 319 g/mol. The molecule has 0 spiro atoms. The van der Waals surface area contributed by atoms with Crippen LogP contribution >= 0.6 is 11.3 Å². The highest BCUT2D eigenvalue weighted by Crippen LogP contribution is 2.24. The Kier molecular flexibility index (Phi) is 5.00. The maximum atomic E-state index is 13.6. The van der Waals surface area contributed by atoms with Crippen LogP contribution in [0.2, 0.25) is 0 Å². The van der Waals surface area contributed by atoms with Gasteiger partial charge in [-0.3, -0.25) is 9.59 Å². The Balaban J connectivity index is 2.16. The molecule has 0 aliphatic rings. The van der Waals surface area contributed by atoms with Crippen molar-refractivity contribution in [3.63, 3.8) is 0 Å². The summed E-state index contributed by atoms with van der Waals surface area (Å²) in [5.41, 5.74) is 3.27. The number of hydrogen-bond acceptors (Lipinski definition) is 4. The van der Waals surface area contributed by atoms with Crippen molar-refractivity contribution in [2.75, 3.05) is 5.32 Å². The number of halogens is 1. The van der Waals surface area contributed by atoms with Gasteiger partial charge in [-0.2, -0.15) is 5.10 Å². The molecule has 0 fully saturated rings. The third-order valence-corrected chi connectivity index (χ3v) is 3.47. The van der Waals surface area contributed by atoms with Gasteiger partial charge >= 0.3 is 0 Å². The molecule has 0 aliphatic heterocycles. The molecule has 0 radical (unpaired) electrons. The molecule has 0 atom stereocenters. The van der Waals surface area contributed by atoms with Crippen molar-refractivity contribution in [2.24, 2.45) is 5.10 Å². The summed E-state index contributed by atoms with van der Waals surface area (Å²) >= 11 is 1.18. The molecule has 0 saturated carbocycles. The normalized spacial score (nSPS) is 9.95. The van der Waals surface area contributed by atoms with Crippen LogP contribution in [0.15, 0.2) is 40.8 Å². The van der Waals surface area contributed by atoms with Crippen LogP contribution in [-0.4, -0.2) is 17.5 Å². The molecule has 1 aromatic carbocycles. The number of hydrazone groups is 1. The predicted molar refractivity (Wildman–Crippen MR) is 84.9 cm³/mol. The summed E-state index contributed by atoms with van der Waals surface area (Å²) in [6.45, 7) is 3.49. The van der Waals surface area contributed by atoms with Crippen LogP contribution in [0.25, 0.3) is 0 Å². The molecule has 2 amide bonds. The Morgan fingerprint density at radius 2 is 1.82 bits per heavy atom.